The molecule has 0 radical (unpaired) electrons. The molecule has 6 nitrogen and oxygen atoms in total. The lowest BCUT2D eigenvalue weighted by Gasteiger charge is -2.36. The van der Waals surface area contributed by atoms with E-state index in [0.717, 1.165) is 57.6 Å². The molecule has 1 fully saturated rings. The first kappa shape index (κ1) is 16.3. The standard InChI is InChI=1S/C19H25N5O/c25-19(22-16-6-7-18-21-9-11-24(18)14-16)17-5-1-2-10-23(17)13-15-4-3-8-20-12-15/h3-4,8-9,11-12,16-17H,1-2,5-7,10,13-14H2,(H,22,25)/t16-,17-/m1/s1. The van der Waals surface area contributed by atoms with Gasteiger partial charge in [-0.05, 0) is 37.4 Å². The van der Waals surface area contributed by atoms with Crippen molar-refractivity contribution in [1.29, 1.82) is 0 Å². The van der Waals surface area contributed by atoms with E-state index in [4.69, 9.17) is 0 Å². The summed E-state index contributed by atoms with van der Waals surface area (Å²) in [6, 6.07) is 4.21. The molecule has 0 bridgehead atoms. The average molecular weight is 339 g/mol. The number of pyridine rings is 1. The predicted molar refractivity (Wildman–Crippen MR) is 94.8 cm³/mol. The van der Waals surface area contributed by atoms with Crippen LogP contribution in [0.1, 0.15) is 37.1 Å². The van der Waals surface area contributed by atoms with Gasteiger partial charge < -0.3 is 9.88 Å². The molecule has 2 aromatic heterocycles. The summed E-state index contributed by atoms with van der Waals surface area (Å²) in [5, 5.41) is 3.29. The number of hydrogen-bond donors (Lipinski definition) is 1. The van der Waals surface area contributed by atoms with Crippen molar-refractivity contribution in [2.24, 2.45) is 0 Å². The summed E-state index contributed by atoms with van der Waals surface area (Å²) in [5.74, 6) is 1.30. The van der Waals surface area contributed by atoms with Crippen LogP contribution in [0.5, 0.6) is 0 Å². The van der Waals surface area contributed by atoms with Gasteiger partial charge in [0, 0.05) is 50.3 Å². The molecule has 0 spiro atoms. The number of imidazole rings is 1. The van der Waals surface area contributed by atoms with Gasteiger partial charge in [0.1, 0.15) is 5.82 Å². The van der Waals surface area contributed by atoms with Crippen molar-refractivity contribution in [1.82, 2.24) is 24.8 Å². The van der Waals surface area contributed by atoms with Gasteiger partial charge in [-0.15, -0.1) is 0 Å². The van der Waals surface area contributed by atoms with Crippen LogP contribution in [0, 0.1) is 0 Å². The molecule has 1 saturated heterocycles. The minimum absolute atomic E-state index is 0.0295. The van der Waals surface area contributed by atoms with Crippen LogP contribution in [0.3, 0.4) is 0 Å². The first-order valence-electron chi connectivity index (χ1n) is 9.23. The van der Waals surface area contributed by atoms with E-state index in [1.54, 1.807) is 6.20 Å². The fourth-order valence-electron chi connectivity index (χ4n) is 3.98. The summed E-state index contributed by atoms with van der Waals surface area (Å²) in [6.45, 7) is 2.60. The number of amides is 1. The SMILES string of the molecule is O=C(N[C@@H]1CCc2nccn2C1)[C@H]1CCCCN1Cc1cccnc1. The fourth-order valence-corrected chi connectivity index (χ4v) is 3.98. The van der Waals surface area contributed by atoms with Crippen LogP contribution in [-0.4, -0.2) is 44.0 Å². The molecule has 25 heavy (non-hydrogen) atoms. The zero-order valence-corrected chi connectivity index (χ0v) is 14.5. The summed E-state index contributed by atoms with van der Waals surface area (Å²) < 4.78 is 2.16. The number of rotatable bonds is 4. The lowest BCUT2D eigenvalue weighted by Crippen LogP contribution is -2.52. The number of nitrogens with zero attached hydrogens (tertiary/aromatic N) is 4. The van der Waals surface area contributed by atoms with Gasteiger partial charge in [-0.2, -0.15) is 0 Å². The fraction of sp³-hybridized carbons (Fsp3) is 0.526. The highest BCUT2D eigenvalue weighted by Gasteiger charge is 2.30. The molecule has 4 rings (SSSR count). The second-order valence-electron chi connectivity index (χ2n) is 7.08. The van der Waals surface area contributed by atoms with Crippen LogP contribution in [-0.2, 0) is 24.3 Å². The van der Waals surface area contributed by atoms with Gasteiger partial charge in [0.05, 0.1) is 6.04 Å². The Balaban J connectivity index is 1.39. The third-order valence-corrected chi connectivity index (χ3v) is 5.31. The van der Waals surface area contributed by atoms with Gasteiger partial charge in [-0.25, -0.2) is 4.98 Å². The second kappa shape index (κ2) is 7.35. The Bertz CT molecular complexity index is 714. The van der Waals surface area contributed by atoms with Crippen molar-refractivity contribution < 1.29 is 4.79 Å². The third kappa shape index (κ3) is 3.74. The van der Waals surface area contributed by atoms with E-state index in [2.05, 4.69) is 30.8 Å². The molecule has 2 aromatic rings. The first-order chi connectivity index (χ1) is 12.3. The van der Waals surface area contributed by atoms with E-state index < -0.39 is 0 Å². The van der Waals surface area contributed by atoms with Gasteiger partial charge >= 0.3 is 0 Å². The van der Waals surface area contributed by atoms with E-state index in [0.29, 0.717) is 0 Å². The van der Waals surface area contributed by atoms with Gasteiger partial charge in [-0.3, -0.25) is 14.7 Å². The van der Waals surface area contributed by atoms with Gasteiger partial charge in [0.25, 0.3) is 0 Å². The number of fused-ring (bicyclic) bond motifs is 1. The number of hydrogen-bond acceptors (Lipinski definition) is 4. The highest BCUT2D eigenvalue weighted by Crippen LogP contribution is 2.21. The summed E-state index contributed by atoms with van der Waals surface area (Å²) in [5.41, 5.74) is 1.17. The lowest BCUT2D eigenvalue weighted by molar-refractivity contribution is -0.128. The smallest absolute Gasteiger partial charge is 0.237 e. The molecule has 2 aliphatic heterocycles. The quantitative estimate of drug-likeness (QED) is 0.922. The van der Waals surface area contributed by atoms with Crippen LogP contribution in [0.25, 0.3) is 0 Å². The summed E-state index contributed by atoms with van der Waals surface area (Å²) in [6.07, 6.45) is 12.7. The number of carbonyl (C=O) groups excluding carboxylic acids is 1. The number of likely N-dealkylation sites (tertiary alicyclic amines) is 1. The van der Waals surface area contributed by atoms with E-state index >= 15 is 0 Å². The predicted octanol–water partition coefficient (Wildman–Crippen LogP) is 1.76. The van der Waals surface area contributed by atoms with Crippen molar-refractivity contribution in [3.05, 3.63) is 48.3 Å². The van der Waals surface area contributed by atoms with Crippen molar-refractivity contribution in [2.45, 2.75) is 57.3 Å². The number of aryl methyl sites for hydroxylation is 1. The number of aromatic nitrogens is 3. The van der Waals surface area contributed by atoms with Crippen LogP contribution in [0.2, 0.25) is 0 Å². The molecule has 0 saturated carbocycles. The molecule has 1 N–H and O–H groups in total. The van der Waals surface area contributed by atoms with Gasteiger partial charge in [0.2, 0.25) is 5.91 Å². The summed E-state index contributed by atoms with van der Waals surface area (Å²) >= 11 is 0. The van der Waals surface area contributed by atoms with E-state index in [1.807, 2.05) is 24.7 Å². The monoisotopic (exact) mass is 339 g/mol. The Morgan fingerprint density at radius 3 is 3.12 bits per heavy atom. The normalized spacial score (nSPS) is 23.8. The highest BCUT2D eigenvalue weighted by atomic mass is 16.2. The molecule has 0 unspecified atom stereocenters. The molecular weight excluding hydrogens is 314 g/mol. The zero-order valence-electron chi connectivity index (χ0n) is 14.5. The Hall–Kier alpha value is -2.21. The Kier molecular flexibility index (Phi) is 4.78. The largest absolute Gasteiger partial charge is 0.350 e. The minimum atomic E-state index is -0.0295. The summed E-state index contributed by atoms with van der Waals surface area (Å²) in [4.78, 5) is 23.8. The van der Waals surface area contributed by atoms with Crippen LogP contribution in [0.15, 0.2) is 36.9 Å². The Morgan fingerprint density at radius 1 is 1.28 bits per heavy atom. The number of carbonyl (C=O) groups is 1. The minimum Gasteiger partial charge on any atom is -0.350 e. The molecule has 2 aliphatic rings. The Labute approximate surface area is 148 Å². The van der Waals surface area contributed by atoms with Gasteiger partial charge in [0.15, 0.2) is 0 Å². The van der Waals surface area contributed by atoms with E-state index in [1.165, 1.54) is 5.56 Å². The highest BCUT2D eigenvalue weighted by molar-refractivity contribution is 5.82. The van der Waals surface area contributed by atoms with Crippen LogP contribution in [0.4, 0.5) is 0 Å². The van der Waals surface area contributed by atoms with Crippen molar-refractivity contribution in [2.75, 3.05) is 6.54 Å². The van der Waals surface area contributed by atoms with Crippen molar-refractivity contribution in [3.8, 4) is 0 Å². The molecule has 2 atom stereocenters. The molecule has 6 heteroatoms. The van der Waals surface area contributed by atoms with Gasteiger partial charge in [-0.1, -0.05) is 12.5 Å². The molecular formula is C19H25N5O. The molecule has 1 amide bonds. The van der Waals surface area contributed by atoms with E-state index in [-0.39, 0.29) is 18.0 Å². The molecule has 0 aromatic carbocycles. The zero-order chi connectivity index (χ0) is 17.1. The van der Waals surface area contributed by atoms with Crippen molar-refractivity contribution >= 4 is 5.91 Å². The number of nitrogens with one attached hydrogen (secondary N) is 1. The van der Waals surface area contributed by atoms with E-state index in [9.17, 15) is 4.79 Å². The third-order valence-electron chi connectivity index (χ3n) is 5.31. The Morgan fingerprint density at radius 2 is 2.24 bits per heavy atom. The molecule has 4 heterocycles. The van der Waals surface area contributed by atoms with Crippen LogP contribution >= 0.6 is 0 Å². The average Bonchev–Trinajstić information content (AvgIpc) is 3.11. The first-order valence-corrected chi connectivity index (χ1v) is 9.23. The van der Waals surface area contributed by atoms with Crippen molar-refractivity contribution in [3.63, 3.8) is 0 Å². The maximum absolute atomic E-state index is 12.9. The second-order valence-corrected chi connectivity index (χ2v) is 7.08. The van der Waals surface area contributed by atoms with Crippen LogP contribution < -0.4 is 5.32 Å². The maximum Gasteiger partial charge on any atom is 0.237 e. The molecule has 132 valence electrons. The molecule has 0 aliphatic carbocycles. The maximum atomic E-state index is 12.9. The lowest BCUT2D eigenvalue weighted by atomic mass is 9.99. The number of piperidine rings is 1. The topological polar surface area (TPSA) is 63.1 Å². The summed E-state index contributed by atoms with van der Waals surface area (Å²) in [7, 11) is 0.